The first-order valence-electron chi connectivity index (χ1n) is 5.11. The fourth-order valence-corrected chi connectivity index (χ4v) is 1.23. The van der Waals surface area contributed by atoms with Crippen LogP contribution in [0.3, 0.4) is 0 Å². The van der Waals surface area contributed by atoms with E-state index in [1.165, 1.54) is 0 Å². The molecular formula is C12H16N2O2. The Balaban J connectivity index is 3.02. The van der Waals surface area contributed by atoms with E-state index in [4.69, 9.17) is 4.74 Å². The van der Waals surface area contributed by atoms with Gasteiger partial charge in [0.05, 0.1) is 12.2 Å². The maximum atomic E-state index is 11.7. The largest absolute Gasteiger partial charge is 0.462 e. The smallest absolute Gasteiger partial charge is 0.340 e. The molecule has 0 bridgehead atoms. The highest BCUT2D eigenvalue weighted by atomic mass is 16.5. The first-order valence-corrected chi connectivity index (χ1v) is 5.11. The number of pyridine rings is 1. The average molecular weight is 220 g/mol. The van der Waals surface area contributed by atoms with E-state index in [2.05, 4.69) is 4.98 Å². The molecule has 1 aromatic heterocycles. The predicted molar refractivity (Wildman–Crippen MR) is 62.5 cm³/mol. The van der Waals surface area contributed by atoms with Crippen molar-refractivity contribution in [3.05, 3.63) is 36.3 Å². The van der Waals surface area contributed by atoms with Crippen molar-refractivity contribution in [3.8, 4) is 0 Å². The summed E-state index contributed by atoms with van der Waals surface area (Å²) in [6.45, 7) is 2.15. The fourth-order valence-electron chi connectivity index (χ4n) is 1.23. The van der Waals surface area contributed by atoms with Crippen molar-refractivity contribution < 1.29 is 9.53 Å². The van der Waals surface area contributed by atoms with Crippen molar-refractivity contribution >= 4 is 11.5 Å². The molecule has 1 rings (SSSR count). The van der Waals surface area contributed by atoms with E-state index >= 15 is 0 Å². The van der Waals surface area contributed by atoms with E-state index in [1.54, 1.807) is 36.5 Å². The van der Waals surface area contributed by atoms with Crippen molar-refractivity contribution in [1.29, 1.82) is 0 Å². The molecule has 0 atom stereocenters. The maximum absolute atomic E-state index is 11.7. The Morgan fingerprint density at radius 3 is 2.81 bits per heavy atom. The number of nitrogens with zero attached hydrogens (tertiary/aromatic N) is 2. The van der Waals surface area contributed by atoms with E-state index in [-0.39, 0.29) is 5.97 Å². The lowest BCUT2D eigenvalue weighted by atomic mass is 10.1. The zero-order chi connectivity index (χ0) is 12.0. The Kier molecular flexibility index (Phi) is 4.51. The SMILES string of the molecule is CCOC(=O)/C(=C\N(C)C)c1cccnc1. The summed E-state index contributed by atoms with van der Waals surface area (Å²) < 4.78 is 5.00. The molecule has 0 aromatic carbocycles. The van der Waals surface area contributed by atoms with Gasteiger partial charge in [0, 0.05) is 38.3 Å². The van der Waals surface area contributed by atoms with Gasteiger partial charge in [-0.25, -0.2) is 4.79 Å². The molecule has 1 aromatic rings. The van der Waals surface area contributed by atoms with E-state index in [0.29, 0.717) is 12.2 Å². The molecule has 86 valence electrons. The lowest BCUT2D eigenvalue weighted by Crippen LogP contribution is -2.11. The van der Waals surface area contributed by atoms with E-state index < -0.39 is 0 Å². The van der Waals surface area contributed by atoms with E-state index in [9.17, 15) is 4.79 Å². The van der Waals surface area contributed by atoms with Crippen LogP contribution in [-0.2, 0) is 9.53 Å². The van der Waals surface area contributed by atoms with Gasteiger partial charge < -0.3 is 9.64 Å². The Morgan fingerprint density at radius 2 is 2.31 bits per heavy atom. The molecule has 0 fully saturated rings. The molecule has 0 spiro atoms. The van der Waals surface area contributed by atoms with Crippen LogP contribution in [-0.4, -0.2) is 36.6 Å². The highest BCUT2D eigenvalue weighted by Gasteiger charge is 2.13. The molecule has 0 aliphatic carbocycles. The average Bonchev–Trinajstić information content (AvgIpc) is 2.27. The van der Waals surface area contributed by atoms with Gasteiger partial charge in [-0.05, 0) is 13.0 Å². The van der Waals surface area contributed by atoms with Gasteiger partial charge in [0.1, 0.15) is 0 Å². The number of ether oxygens (including phenoxy) is 1. The lowest BCUT2D eigenvalue weighted by molar-refractivity contribution is -0.136. The van der Waals surface area contributed by atoms with Gasteiger partial charge in [0.15, 0.2) is 0 Å². The molecule has 0 N–H and O–H groups in total. The minimum Gasteiger partial charge on any atom is -0.462 e. The number of carbonyl (C=O) groups is 1. The third kappa shape index (κ3) is 3.38. The van der Waals surface area contributed by atoms with Gasteiger partial charge in [0.2, 0.25) is 0 Å². The summed E-state index contributed by atoms with van der Waals surface area (Å²) in [4.78, 5) is 17.5. The Bertz CT molecular complexity index is 372. The zero-order valence-corrected chi connectivity index (χ0v) is 9.80. The van der Waals surface area contributed by atoms with Crippen LogP contribution in [0.4, 0.5) is 0 Å². The van der Waals surface area contributed by atoms with Crippen molar-refractivity contribution in [2.45, 2.75) is 6.92 Å². The molecule has 0 amide bonds. The summed E-state index contributed by atoms with van der Waals surface area (Å²) in [6, 6.07) is 3.62. The van der Waals surface area contributed by atoms with Crippen molar-refractivity contribution in [1.82, 2.24) is 9.88 Å². The highest BCUT2D eigenvalue weighted by molar-refractivity contribution is 6.16. The second kappa shape index (κ2) is 5.90. The number of aromatic nitrogens is 1. The Hall–Kier alpha value is -1.84. The van der Waals surface area contributed by atoms with Crippen molar-refractivity contribution in [3.63, 3.8) is 0 Å². The minimum atomic E-state index is -0.329. The van der Waals surface area contributed by atoms with Crippen LogP contribution in [0.25, 0.3) is 5.57 Å². The summed E-state index contributed by atoms with van der Waals surface area (Å²) in [5.74, 6) is -0.329. The van der Waals surface area contributed by atoms with Gasteiger partial charge in [-0.1, -0.05) is 6.07 Å². The van der Waals surface area contributed by atoms with Crippen LogP contribution in [0, 0.1) is 0 Å². The topological polar surface area (TPSA) is 42.4 Å². The van der Waals surface area contributed by atoms with E-state index in [0.717, 1.165) is 5.56 Å². The molecular weight excluding hydrogens is 204 g/mol. The number of carbonyl (C=O) groups excluding carboxylic acids is 1. The van der Waals surface area contributed by atoms with Crippen LogP contribution >= 0.6 is 0 Å². The van der Waals surface area contributed by atoms with Crippen molar-refractivity contribution in [2.24, 2.45) is 0 Å². The molecule has 4 heteroatoms. The first kappa shape index (κ1) is 12.2. The molecule has 0 radical (unpaired) electrons. The fraction of sp³-hybridized carbons (Fsp3) is 0.333. The molecule has 1 heterocycles. The Labute approximate surface area is 95.6 Å². The molecule has 4 nitrogen and oxygen atoms in total. The molecule has 0 saturated heterocycles. The molecule has 0 aliphatic rings. The van der Waals surface area contributed by atoms with Crippen LogP contribution < -0.4 is 0 Å². The summed E-state index contributed by atoms with van der Waals surface area (Å²) >= 11 is 0. The summed E-state index contributed by atoms with van der Waals surface area (Å²) in [5.41, 5.74) is 1.27. The van der Waals surface area contributed by atoms with Crippen LogP contribution in [0.1, 0.15) is 12.5 Å². The Morgan fingerprint density at radius 1 is 1.56 bits per heavy atom. The van der Waals surface area contributed by atoms with Gasteiger partial charge in [0.25, 0.3) is 0 Å². The minimum absolute atomic E-state index is 0.329. The van der Waals surface area contributed by atoms with Gasteiger partial charge in [-0.2, -0.15) is 0 Å². The third-order valence-electron chi connectivity index (χ3n) is 1.86. The number of esters is 1. The highest BCUT2D eigenvalue weighted by Crippen LogP contribution is 2.15. The molecule has 16 heavy (non-hydrogen) atoms. The number of hydrogen-bond donors (Lipinski definition) is 0. The monoisotopic (exact) mass is 220 g/mol. The quantitative estimate of drug-likeness (QED) is 0.570. The summed E-state index contributed by atoms with van der Waals surface area (Å²) in [6.07, 6.45) is 5.04. The lowest BCUT2D eigenvalue weighted by Gasteiger charge is -2.11. The number of hydrogen-bond acceptors (Lipinski definition) is 4. The summed E-state index contributed by atoms with van der Waals surface area (Å²) in [5, 5.41) is 0. The molecule has 0 aliphatic heterocycles. The van der Waals surface area contributed by atoms with Crippen molar-refractivity contribution in [2.75, 3.05) is 20.7 Å². The van der Waals surface area contributed by atoms with Gasteiger partial charge >= 0.3 is 5.97 Å². The van der Waals surface area contributed by atoms with Crippen LogP contribution in [0.15, 0.2) is 30.7 Å². The maximum Gasteiger partial charge on any atom is 0.340 e. The zero-order valence-electron chi connectivity index (χ0n) is 9.80. The van der Waals surface area contributed by atoms with Crippen LogP contribution in [0.5, 0.6) is 0 Å². The normalized spacial score (nSPS) is 11.1. The second-order valence-corrected chi connectivity index (χ2v) is 3.47. The molecule has 0 saturated carbocycles. The second-order valence-electron chi connectivity index (χ2n) is 3.47. The number of rotatable bonds is 4. The molecule has 0 unspecified atom stereocenters. The van der Waals surface area contributed by atoms with Crippen LogP contribution in [0.2, 0.25) is 0 Å². The predicted octanol–water partition coefficient (Wildman–Crippen LogP) is 1.55. The first-order chi connectivity index (χ1) is 7.65. The van der Waals surface area contributed by atoms with E-state index in [1.807, 2.05) is 20.2 Å². The van der Waals surface area contributed by atoms with Gasteiger partial charge in [-0.15, -0.1) is 0 Å². The summed E-state index contributed by atoms with van der Waals surface area (Å²) in [7, 11) is 3.71. The van der Waals surface area contributed by atoms with Gasteiger partial charge in [-0.3, -0.25) is 4.98 Å². The standard InChI is InChI=1S/C12H16N2O2/c1-4-16-12(15)11(9-14(2)3)10-6-5-7-13-8-10/h5-9H,4H2,1-3H3/b11-9-. The third-order valence-corrected chi connectivity index (χ3v) is 1.86.